The molecule has 2 aliphatic rings. The Bertz CT molecular complexity index is 669. The molecule has 6 heteroatoms. The molecule has 0 bridgehead atoms. The number of piperidine rings is 2. The minimum atomic E-state index is 0.0126. The Morgan fingerprint density at radius 1 is 1.28 bits per heavy atom. The van der Waals surface area contributed by atoms with Crippen LogP contribution in [0.5, 0.6) is 5.75 Å². The monoisotopic (exact) mass is 364 g/mol. The molecule has 2 saturated heterocycles. The summed E-state index contributed by atoms with van der Waals surface area (Å²) in [5.41, 5.74) is 0.772. The molecule has 1 spiro atoms. The first-order valence-corrected chi connectivity index (χ1v) is 9.26. The average Bonchev–Trinajstić information content (AvgIpc) is 2.64. The highest BCUT2D eigenvalue weighted by Crippen LogP contribution is 2.40. The first kappa shape index (κ1) is 18.1. The molecular weight excluding hydrogens is 340 g/mol. The maximum absolute atomic E-state index is 12.8. The fourth-order valence-corrected chi connectivity index (χ4v) is 4.22. The fourth-order valence-electron chi connectivity index (χ4n) is 3.96. The zero-order valence-corrected chi connectivity index (χ0v) is 15.6. The topological polar surface area (TPSA) is 49.9 Å². The maximum atomic E-state index is 12.8. The summed E-state index contributed by atoms with van der Waals surface area (Å²) >= 11 is 6.14. The molecular formula is C19H25ClN2O3. The normalized spacial score (nSPS) is 20.0. The van der Waals surface area contributed by atoms with E-state index in [-0.39, 0.29) is 17.2 Å². The van der Waals surface area contributed by atoms with Gasteiger partial charge >= 0.3 is 0 Å². The molecule has 2 amide bonds. The van der Waals surface area contributed by atoms with Crippen molar-refractivity contribution in [2.24, 2.45) is 5.41 Å². The second kappa shape index (κ2) is 7.24. The number of benzene rings is 1. The van der Waals surface area contributed by atoms with Crippen LogP contribution in [0.1, 0.15) is 43.0 Å². The van der Waals surface area contributed by atoms with Crippen LogP contribution < -0.4 is 4.74 Å². The van der Waals surface area contributed by atoms with Crippen LogP contribution in [-0.2, 0) is 4.79 Å². The van der Waals surface area contributed by atoms with Gasteiger partial charge in [-0.2, -0.15) is 0 Å². The number of likely N-dealkylation sites (tertiary alicyclic amines) is 2. The second-order valence-corrected chi connectivity index (χ2v) is 7.46. The molecule has 0 radical (unpaired) electrons. The van der Waals surface area contributed by atoms with Gasteiger partial charge < -0.3 is 14.5 Å². The van der Waals surface area contributed by atoms with E-state index in [4.69, 9.17) is 16.3 Å². The van der Waals surface area contributed by atoms with Crippen molar-refractivity contribution in [1.82, 2.24) is 9.80 Å². The lowest BCUT2D eigenvalue weighted by Crippen LogP contribution is -2.52. The summed E-state index contributed by atoms with van der Waals surface area (Å²) in [5, 5.41) is 0.450. The summed E-state index contributed by atoms with van der Waals surface area (Å²) in [4.78, 5) is 28.6. The molecule has 3 rings (SSSR count). The number of carbonyl (C=O) groups is 2. The van der Waals surface area contributed by atoms with Gasteiger partial charge in [-0.1, -0.05) is 11.6 Å². The van der Waals surface area contributed by atoms with Crippen molar-refractivity contribution < 1.29 is 14.3 Å². The van der Waals surface area contributed by atoms with Gasteiger partial charge in [0.2, 0.25) is 5.91 Å². The van der Waals surface area contributed by atoms with E-state index < -0.39 is 0 Å². The highest BCUT2D eigenvalue weighted by atomic mass is 35.5. The van der Waals surface area contributed by atoms with Crippen molar-refractivity contribution in [3.05, 3.63) is 28.8 Å². The smallest absolute Gasteiger partial charge is 0.253 e. The largest absolute Gasteiger partial charge is 0.495 e. The lowest BCUT2D eigenvalue weighted by atomic mass is 9.72. The number of carbonyl (C=O) groups excluding carboxylic acids is 2. The molecule has 0 saturated carbocycles. The van der Waals surface area contributed by atoms with Crippen LogP contribution >= 0.6 is 11.6 Å². The summed E-state index contributed by atoms with van der Waals surface area (Å²) in [6.45, 7) is 5.09. The molecule has 0 atom stereocenters. The van der Waals surface area contributed by atoms with Gasteiger partial charge in [0.1, 0.15) is 5.75 Å². The zero-order valence-electron chi connectivity index (χ0n) is 14.9. The van der Waals surface area contributed by atoms with Gasteiger partial charge in [-0.05, 0) is 49.8 Å². The van der Waals surface area contributed by atoms with Gasteiger partial charge in [0.15, 0.2) is 0 Å². The quantitative estimate of drug-likeness (QED) is 0.827. The van der Waals surface area contributed by atoms with Crippen molar-refractivity contribution in [1.29, 1.82) is 0 Å². The number of hydrogen-bond acceptors (Lipinski definition) is 3. The van der Waals surface area contributed by atoms with Crippen LogP contribution in [0, 0.1) is 5.41 Å². The summed E-state index contributed by atoms with van der Waals surface area (Å²) in [6.07, 6.45) is 3.48. The van der Waals surface area contributed by atoms with E-state index in [1.807, 2.05) is 16.7 Å². The van der Waals surface area contributed by atoms with Crippen molar-refractivity contribution in [3.8, 4) is 5.75 Å². The Morgan fingerprint density at radius 2 is 2.00 bits per heavy atom. The molecule has 25 heavy (non-hydrogen) atoms. The summed E-state index contributed by atoms with van der Waals surface area (Å²) in [7, 11) is 1.56. The van der Waals surface area contributed by atoms with Crippen LogP contribution in [-0.4, -0.2) is 54.9 Å². The van der Waals surface area contributed by atoms with Gasteiger partial charge in [-0.3, -0.25) is 9.59 Å². The number of amides is 2. The molecule has 2 aliphatic heterocycles. The molecule has 0 unspecified atom stereocenters. The number of rotatable bonds is 3. The van der Waals surface area contributed by atoms with Crippen molar-refractivity contribution in [2.75, 3.05) is 33.3 Å². The average molecular weight is 365 g/mol. The first-order chi connectivity index (χ1) is 12.0. The second-order valence-electron chi connectivity index (χ2n) is 7.05. The van der Waals surface area contributed by atoms with Gasteiger partial charge in [-0.15, -0.1) is 0 Å². The Kier molecular flexibility index (Phi) is 5.23. The third kappa shape index (κ3) is 3.61. The van der Waals surface area contributed by atoms with Crippen LogP contribution in [0.3, 0.4) is 0 Å². The third-order valence-electron chi connectivity index (χ3n) is 5.64. The van der Waals surface area contributed by atoms with Crippen molar-refractivity contribution in [2.45, 2.75) is 32.6 Å². The Hall–Kier alpha value is -1.75. The minimum Gasteiger partial charge on any atom is -0.495 e. The van der Waals surface area contributed by atoms with E-state index in [0.29, 0.717) is 22.8 Å². The number of methoxy groups -OCH3 is 1. The van der Waals surface area contributed by atoms with Crippen LogP contribution in [0.4, 0.5) is 0 Å². The van der Waals surface area contributed by atoms with Crippen LogP contribution in [0.15, 0.2) is 18.2 Å². The van der Waals surface area contributed by atoms with Crippen molar-refractivity contribution >= 4 is 23.4 Å². The summed E-state index contributed by atoms with van der Waals surface area (Å²) in [5.74, 6) is 0.848. The summed E-state index contributed by atoms with van der Waals surface area (Å²) in [6, 6.07) is 5.16. The number of hydrogen-bond donors (Lipinski definition) is 0. The fraction of sp³-hybridized carbons (Fsp3) is 0.579. The van der Waals surface area contributed by atoms with E-state index in [1.54, 1.807) is 25.3 Å². The zero-order chi connectivity index (χ0) is 18.0. The van der Waals surface area contributed by atoms with Crippen LogP contribution in [0.2, 0.25) is 5.02 Å². The first-order valence-electron chi connectivity index (χ1n) is 8.88. The molecule has 5 nitrogen and oxygen atoms in total. The van der Waals surface area contributed by atoms with Crippen LogP contribution in [0.25, 0.3) is 0 Å². The van der Waals surface area contributed by atoms with Gasteiger partial charge in [-0.25, -0.2) is 0 Å². The number of halogens is 1. The van der Waals surface area contributed by atoms with E-state index in [9.17, 15) is 9.59 Å². The molecule has 2 fully saturated rings. The van der Waals surface area contributed by atoms with Gasteiger partial charge in [0.05, 0.1) is 12.1 Å². The molecule has 0 aliphatic carbocycles. The highest BCUT2D eigenvalue weighted by Gasteiger charge is 2.41. The molecule has 2 heterocycles. The molecule has 136 valence electrons. The van der Waals surface area contributed by atoms with E-state index >= 15 is 0 Å². The highest BCUT2D eigenvalue weighted by molar-refractivity contribution is 6.32. The molecule has 1 aromatic carbocycles. The van der Waals surface area contributed by atoms with E-state index in [0.717, 1.165) is 45.4 Å². The van der Waals surface area contributed by atoms with Crippen molar-refractivity contribution in [3.63, 3.8) is 0 Å². The lowest BCUT2D eigenvalue weighted by molar-refractivity contribution is -0.138. The van der Waals surface area contributed by atoms with E-state index in [2.05, 4.69) is 0 Å². The van der Waals surface area contributed by atoms with E-state index in [1.165, 1.54) is 0 Å². The Morgan fingerprint density at radius 3 is 2.60 bits per heavy atom. The predicted molar refractivity (Wildman–Crippen MR) is 97.1 cm³/mol. The molecule has 1 aromatic rings. The third-order valence-corrected chi connectivity index (χ3v) is 5.94. The Labute approximate surface area is 153 Å². The van der Waals surface area contributed by atoms with Gasteiger partial charge in [0.25, 0.3) is 5.91 Å². The predicted octanol–water partition coefficient (Wildman–Crippen LogP) is 3.21. The lowest BCUT2D eigenvalue weighted by Gasteiger charge is -2.47. The summed E-state index contributed by atoms with van der Waals surface area (Å²) < 4.78 is 5.14. The van der Waals surface area contributed by atoms with Gasteiger partial charge in [0, 0.05) is 38.2 Å². The number of ether oxygens (including phenoxy) is 1. The molecule has 0 N–H and O–H groups in total. The number of nitrogens with zero attached hydrogens (tertiary/aromatic N) is 2. The Balaban J connectivity index is 1.65. The minimum absolute atomic E-state index is 0.0126. The SMILES string of the molecule is CCN1CC2(CCC1=O)CCN(C(=O)c1ccc(OC)c(Cl)c1)CC2. The molecule has 0 aromatic heterocycles. The maximum Gasteiger partial charge on any atom is 0.253 e. The standard InChI is InChI=1S/C19H25ClN2O3/c1-3-21-13-19(7-6-17(21)23)8-10-22(11-9-19)18(24)14-4-5-16(25-2)15(20)12-14/h4-5,12H,3,6-11,13H2,1-2H3.